The Morgan fingerprint density at radius 2 is 2.06 bits per heavy atom. The minimum Gasteiger partial charge on any atom is -0.494 e. The lowest BCUT2D eigenvalue weighted by Gasteiger charge is -2.11. The molecule has 16 heavy (non-hydrogen) atoms. The van der Waals surface area contributed by atoms with Crippen LogP contribution in [0.15, 0.2) is 24.3 Å². The average molecular weight is 220 g/mol. The summed E-state index contributed by atoms with van der Waals surface area (Å²) in [5.41, 5.74) is 0. The highest BCUT2D eigenvalue weighted by molar-refractivity contribution is 5.32. The SMILES string of the molecule is CCOc1cccc(OCC(C#N)NC)c1. The molecule has 0 aliphatic carbocycles. The van der Waals surface area contributed by atoms with Crippen LogP contribution in [-0.4, -0.2) is 26.3 Å². The summed E-state index contributed by atoms with van der Waals surface area (Å²) in [7, 11) is 1.73. The molecule has 86 valence electrons. The van der Waals surface area contributed by atoms with E-state index in [1.807, 2.05) is 31.2 Å². The minimum atomic E-state index is -0.296. The molecule has 0 bridgehead atoms. The number of hydrogen-bond acceptors (Lipinski definition) is 4. The van der Waals surface area contributed by atoms with Gasteiger partial charge in [-0.15, -0.1) is 0 Å². The van der Waals surface area contributed by atoms with Crippen molar-refractivity contribution < 1.29 is 9.47 Å². The molecule has 0 amide bonds. The minimum absolute atomic E-state index is 0.296. The van der Waals surface area contributed by atoms with Crippen LogP contribution in [-0.2, 0) is 0 Å². The summed E-state index contributed by atoms with van der Waals surface area (Å²) in [6, 6.07) is 9.19. The summed E-state index contributed by atoms with van der Waals surface area (Å²) in [5, 5.41) is 11.6. The van der Waals surface area contributed by atoms with E-state index < -0.39 is 0 Å². The van der Waals surface area contributed by atoms with Gasteiger partial charge < -0.3 is 14.8 Å². The third kappa shape index (κ3) is 3.79. The second-order valence-electron chi connectivity index (χ2n) is 3.19. The number of nitrogens with zero attached hydrogens (tertiary/aromatic N) is 1. The molecule has 0 spiro atoms. The molecule has 0 saturated heterocycles. The number of hydrogen-bond donors (Lipinski definition) is 1. The monoisotopic (exact) mass is 220 g/mol. The third-order valence-electron chi connectivity index (χ3n) is 2.04. The molecule has 1 N–H and O–H groups in total. The lowest BCUT2D eigenvalue weighted by atomic mass is 10.3. The summed E-state index contributed by atoms with van der Waals surface area (Å²) in [4.78, 5) is 0. The largest absolute Gasteiger partial charge is 0.494 e. The normalized spacial score (nSPS) is 11.6. The van der Waals surface area contributed by atoms with E-state index in [4.69, 9.17) is 14.7 Å². The predicted molar refractivity (Wildman–Crippen MR) is 61.6 cm³/mol. The van der Waals surface area contributed by atoms with Crippen molar-refractivity contribution in [1.82, 2.24) is 5.32 Å². The molecule has 1 unspecified atom stereocenters. The highest BCUT2D eigenvalue weighted by Crippen LogP contribution is 2.19. The van der Waals surface area contributed by atoms with Crippen LogP contribution in [0.5, 0.6) is 11.5 Å². The lowest BCUT2D eigenvalue weighted by molar-refractivity contribution is 0.290. The molecule has 4 heteroatoms. The van der Waals surface area contributed by atoms with Crippen molar-refractivity contribution in [3.8, 4) is 17.6 Å². The molecule has 1 aromatic rings. The van der Waals surface area contributed by atoms with Crippen LogP contribution in [0.25, 0.3) is 0 Å². The van der Waals surface area contributed by atoms with Gasteiger partial charge in [-0.3, -0.25) is 0 Å². The van der Waals surface area contributed by atoms with Gasteiger partial charge in [-0.1, -0.05) is 6.07 Å². The van der Waals surface area contributed by atoms with Gasteiger partial charge in [-0.2, -0.15) is 5.26 Å². The van der Waals surface area contributed by atoms with Gasteiger partial charge >= 0.3 is 0 Å². The van der Waals surface area contributed by atoms with Crippen LogP contribution in [0, 0.1) is 11.3 Å². The summed E-state index contributed by atoms with van der Waals surface area (Å²) < 4.78 is 10.8. The molecule has 0 saturated carbocycles. The molecular formula is C12H16N2O2. The second-order valence-corrected chi connectivity index (χ2v) is 3.19. The zero-order chi connectivity index (χ0) is 11.8. The van der Waals surface area contributed by atoms with Crippen molar-refractivity contribution in [2.45, 2.75) is 13.0 Å². The smallest absolute Gasteiger partial charge is 0.129 e. The van der Waals surface area contributed by atoms with Crippen LogP contribution in [0.4, 0.5) is 0 Å². The van der Waals surface area contributed by atoms with Crippen molar-refractivity contribution in [2.24, 2.45) is 0 Å². The summed E-state index contributed by atoms with van der Waals surface area (Å²) in [6.07, 6.45) is 0. The number of benzene rings is 1. The van der Waals surface area contributed by atoms with Gasteiger partial charge in [0.2, 0.25) is 0 Å². The predicted octanol–water partition coefficient (Wildman–Crippen LogP) is 1.58. The second kappa shape index (κ2) is 6.70. The Bertz CT molecular complexity index is 360. The Balaban J connectivity index is 2.54. The highest BCUT2D eigenvalue weighted by Gasteiger charge is 2.04. The first-order valence-corrected chi connectivity index (χ1v) is 5.22. The first kappa shape index (κ1) is 12.3. The van der Waals surface area contributed by atoms with Crippen LogP contribution >= 0.6 is 0 Å². The molecule has 1 rings (SSSR count). The molecule has 0 fully saturated rings. The van der Waals surface area contributed by atoms with Gasteiger partial charge in [0, 0.05) is 6.07 Å². The van der Waals surface area contributed by atoms with Gasteiger partial charge in [0.1, 0.15) is 24.1 Å². The van der Waals surface area contributed by atoms with Gasteiger partial charge in [-0.25, -0.2) is 0 Å². The number of likely N-dealkylation sites (N-methyl/N-ethyl adjacent to an activating group) is 1. The Hall–Kier alpha value is -1.73. The average Bonchev–Trinajstić information content (AvgIpc) is 2.31. The van der Waals surface area contributed by atoms with Crippen molar-refractivity contribution in [3.05, 3.63) is 24.3 Å². The number of rotatable bonds is 6. The van der Waals surface area contributed by atoms with Crippen molar-refractivity contribution in [2.75, 3.05) is 20.3 Å². The van der Waals surface area contributed by atoms with E-state index in [9.17, 15) is 0 Å². The Morgan fingerprint density at radius 3 is 2.62 bits per heavy atom. The van der Waals surface area contributed by atoms with Crippen molar-refractivity contribution in [1.29, 1.82) is 5.26 Å². The maximum Gasteiger partial charge on any atom is 0.129 e. The lowest BCUT2D eigenvalue weighted by Crippen LogP contribution is -2.29. The first-order valence-electron chi connectivity index (χ1n) is 5.22. The maximum atomic E-state index is 8.73. The number of nitriles is 1. The molecular weight excluding hydrogens is 204 g/mol. The first-order chi connectivity index (χ1) is 7.80. The van der Waals surface area contributed by atoms with Crippen LogP contribution in [0.2, 0.25) is 0 Å². The van der Waals surface area contributed by atoms with Gasteiger partial charge in [0.05, 0.1) is 12.7 Å². The molecule has 1 aromatic carbocycles. The molecule has 4 nitrogen and oxygen atoms in total. The summed E-state index contributed by atoms with van der Waals surface area (Å²) >= 11 is 0. The molecule has 0 aliphatic heterocycles. The Kier molecular flexibility index (Phi) is 5.17. The van der Waals surface area contributed by atoms with Gasteiger partial charge in [-0.05, 0) is 26.1 Å². The molecule has 0 heterocycles. The quantitative estimate of drug-likeness (QED) is 0.790. The van der Waals surface area contributed by atoms with E-state index in [1.165, 1.54) is 0 Å². The third-order valence-corrected chi connectivity index (χ3v) is 2.04. The van der Waals surface area contributed by atoms with Crippen molar-refractivity contribution >= 4 is 0 Å². The van der Waals surface area contributed by atoms with Gasteiger partial charge in [0.25, 0.3) is 0 Å². The van der Waals surface area contributed by atoms with E-state index in [2.05, 4.69) is 11.4 Å². The zero-order valence-corrected chi connectivity index (χ0v) is 9.56. The fourth-order valence-electron chi connectivity index (χ4n) is 1.19. The Morgan fingerprint density at radius 1 is 1.38 bits per heavy atom. The molecule has 0 aromatic heterocycles. The maximum absolute atomic E-state index is 8.73. The Labute approximate surface area is 95.8 Å². The fourth-order valence-corrected chi connectivity index (χ4v) is 1.19. The standard InChI is InChI=1S/C12H16N2O2/c1-3-15-11-5-4-6-12(7-11)16-9-10(8-13)14-2/h4-7,10,14H,3,9H2,1-2H3. The fraction of sp³-hybridized carbons (Fsp3) is 0.417. The highest BCUT2D eigenvalue weighted by atomic mass is 16.5. The molecule has 0 radical (unpaired) electrons. The molecule has 0 aliphatic rings. The van der Waals surface area contributed by atoms with Gasteiger partial charge in [0.15, 0.2) is 0 Å². The van der Waals surface area contributed by atoms with Crippen LogP contribution < -0.4 is 14.8 Å². The summed E-state index contributed by atoms with van der Waals surface area (Å²) in [5.74, 6) is 1.49. The summed E-state index contributed by atoms with van der Waals surface area (Å²) in [6.45, 7) is 2.88. The van der Waals surface area contributed by atoms with E-state index in [1.54, 1.807) is 7.05 Å². The topological polar surface area (TPSA) is 54.3 Å². The molecule has 1 atom stereocenters. The zero-order valence-electron chi connectivity index (χ0n) is 9.56. The van der Waals surface area contributed by atoms with Crippen molar-refractivity contribution in [3.63, 3.8) is 0 Å². The van der Waals surface area contributed by atoms with Crippen LogP contribution in [0.3, 0.4) is 0 Å². The van der Waals surface area contributed by atoms with Crippen LogP contribution in [0.1, 0.15) is 6.92 Å². The number of nitrogens with one attached hydrogen (secondary N) is 1. The van der Waals surface area contributed by atoms with E-state index in [-0.39, 0.29) is 6.04 Å². The number of ether oxygens (including phenoxy) is 2. The van der Waals surface area contributed by atoms with E-state index in [0.29, 0.717) is 19.0 Å². The van der Waals surface area contributed by atoms with E-state index in [0.717, 1.165) is 5.75 Å². The van der Waals surface area contributed by atoms with E-state index >= 15 is 0 Å².